The highest BCUT2D eigenvalue weighted by molar-refractivity contribution is 6.81. The molecule has 58 valence electrons. The van der Waals surface area contributed by atoms with Gasteiger partial charge in [-0.25, -0.2) is 0 Å². The van der Waals surface area contributed by atoms with Gasteiger partial charge in [0.05, 0.1) is 0 Å². The van der Waals surface area contributed by atoms with Crippen molar-refractivity contribution in [3.05, 3.63) is 18.0 Å². The summed E-state index contributed by atoms with van der Waals surface area (Å²) in [4.78, 5) is 0. The van der Waals surface area contributed by atoms with Crippen LogP contribution in [0.1, 0.15) is 0 Å². The molecule has 0 rings (SSSR count). The van der Waals surface area contributed by atoms with Crippen LogP contribution in [0, 0.1) is 0 Å². The van der Waals surface area contributed by atoms with Gasteiger partial charge in [-0.1, -0.05) is 6.58 Å². The first kappa shape index (κ1) is 9.91. The second kappa shape index (κ2) is 3.93. The van der Waals surface area contributed by atoms with Crippen molar-refractivity contribution in [2.75, 3.05) is 0 Å². The molecule has 0 heterocycles. The van der Waals surface area contributed by atoms with E-state index >= 15 is 0 Å². The van der Waals surface area contributed by atoms with Crippen molar-refractivity contribution in [1.29, 1.82) is 0 Å². The van der Waals surface area contributed by atoms with Crippen LogP contribution in [-0.2, 0) is 4.12 Å². The van der Waals surface area contributed by atoms with E-state index in [2.05, 4.69) is 38.5 Å². The second-order valence-electron chi connectivity index (χ2n) is 3.12. The van der Waals surface area contributed by atoms with Gasteiger partial charge in [0.25, 0.3) is 0 Å². The lowest BCUT2D eigenvalue weighted by molar-refractivity contribution is 0.589. The molecule has 0 aliphatic rings. The maximum atomic E-state index is 5.80. The molecule has 0 radical (unpaired) electrons. The average Bonchev–Trinajstić information content (AvgIpc) is 1.59. The molecule has 3 heteroatoms. The number of hydrogen-bond acceptors (Lipinski definition) is 1. The van der Waals surface area contributed by atoms with E-state index in [9.17, 15) is 0 Å². The van der Waals surface area contributed by atoms with Crippen LogP contribution in [0.25, 0.3) is 0 Å². The summed E-state index contributed by atoms with van der Waals surface area (Å²) in [6.45, 7) is 12.2. The molecule has 0 aromatic heterocycles. The van der Waals surface area contributed by atoms with E-state index < -0.39 is 17.4 Å². The molecular weight excluding hydrogens is 156 g/mol. The monoisotopic (exact) mass is 172 g/mol. The normalized spacial score (nSPS) is 11.3. The number of rotatable bonds is 3. The summed E-state index contributed by atoms with van der Waals surface area (Å²) in [6.07, 6.45) is 0. The molecule has 0 aliphatic carbocycles. The molecule has 0 aromatic rings. The fourth-order valence-electron chi connectivity index (χ4n) is 0.887. The third-order valence-corrected chi connectivity index (χ3v) is 6.20. The summed E-state index contributed by atoms with van der Waals surface area (Å²) in [7, 11) is -2.37. The maximum absolute atomic E-state index is 5.80. The van der Waals surface area contributed by atoms with Crippen LogP contribution in [0.15, 0.2) is 18.0 Å². The molecule has 0 saturated heterocycles. The minimum atomic E-state index is -1.50. The Kier molecular flexibility index (Phi) is 3.90. The van der Waals surface area contributed by atoms with Crippen LogP contribution in [0.2, 0.25) is 26.2 Å². The molecule has 0 amide bonds. The van der Waals surface area contributed by atoms with Gasteiger partial charge in [-0.3, -0.25) is 0 Å². The van der Waals surface area contributed by atoms with Crippen molar-refractivity contribution in [3.8, 4) is 0 Å². The summed E-state index contributed by atoms with van der Waals surface area (Å²) in [6, 6.07) is 0. The van der Waals surface area contributed by atoms with Crippen LogP contribution < -0.4 is 0 Å². The van der Waals surface area contributed by atoms with Gasteiger partial charge in [-0.2, -0.15) is 0 Å². The third kappa shape index (κ3) is 4.76. The van der Waals surface area contributed by atoms with E-state index in [1.807, 2.05) is 5.70 Å². The first-order valence-electron chi connectivity index (χ1n) is 3.53. The van der Waals surface area contributed by atoms with Gasteiger partial charge in [0.2, 0.25) is 8.32 Å². The lowest BCUT2D eigenvalue weighted by Crippen LogP contribution is -2.33. The van der Waals surface area contributed by atoms with E-state index in [1.54, 1.807) is 0 Å². The van der Waals surface area contributed by atoms with Gasteiger partial charge in [0, 0.05) is 0 Å². The Balaban J connectivity index is 3.98. The predicted molar refractivity (Wildman–Crippen MR) is 51.2 cm³/mol. The Bertz CT molecular complexity index is 146. The summed E-state index contributed by atoms with van der Waals surface area (Å²) in [5.41, 5.74) is 4.80. The second-order valence-corrected chi connectivity index (χ2v) is 9.65. The topological polar surface area (TPSA) is 9.23 Å². The van der Waals surface area contributed by atoms with Gasteiger partial charge in [0.1, 0.15) is 0 Å². The Hall–Kier alpha value is -0.0862. The molecule has 0 saturated carbocycles. The first-order valence-corrected chi connectivity index (χ1v) is 9.29. The van der Waals surface area contributed by atoms with Crippen LogP contribution in [0.5, 0.6) is 0 Å². The fraction of sp³-hybridized carbons (Fsp3) is 0.571. The molecule has 0 aliphatic heterocycles. The minimum Gasteiger partial charge on any atom is -0.455 e. The van der Waals surface area contributed by atoms with E-state index in [-0.39, 0.29) is 0 Å². The standard InChI is InChI=1S/C7H16OSi2/c1-6-7-10(4,5)8-9(2)3/h7,9H,1H2,2-5H3. The van der Waals surface area contributed by atoms with Gasteiger partial charge in [-0.05, 0) is 31.9 Å². The minimum absolute atomic E-state index is 0.864. The number of hydrogen-bond donors (Lipinski definition) is 0. The zero-order valence-corrected chi connectivity index (χ0v) is 9.42. The largest absolute Gasteiger partial charge is 0.455 e. The Morgan fingerprint density at radius 2 is 2.00 bits per heavy atom. The van der Waals surface area contributed by atoms with Gasteiger partial charge in [0.15, 0.2) is 9.04 Å². The van der Waals surface area contributed by atoms with Crippen LogP contribution in [-0.4, -0.2) is 17.4 Å². The van der Waals surface area contributed by atoms with Crippen molar-refractivity contribution >= 4 is 17.4 Å². The zero-order valence-electron chi connectivity index (χ0n) is 7.27. The van der Waals surface area contributed by atoms with E-state index in [4.69, 9.17) is 4.12 Å². The molecular formula is C7H16OSi2. The smallest absolute Gasteiger partial charge is 0.206 e. The predicted octanol–water partition coefficient (Wildman–Crippen LogP) is 2.07. The van der Waals surface area contributed by atoms with Crippen LogP contribution in [0.3, 0.4) is 0 Å². The molecule has 0 unspecified atom stereocenters. The van der Waals surface area contributed by atoms with Gasteiger partial charge >= 0.3 is 0 Å². The van der Waals surface area contributed by atoms with Crippen LogP contribution in [0.4, 0.5) is 0 Å². The van der Waals surface area contributed by atoms with Crippen molar-refractivity contribution < 1.29 is 4.12 Å². The van der Waals surface area contributed by atoms with E-state index in [1.165, 1.54) is 0 Å². The molecule has 0 atom stereocenters. The molecule has 0 bridgehead atoms. The van der Waals surface area contributed by atoms with Crippen molar-refractivity contribution in [3.63, 3.8) is 0 Å². The van der Waals surface area contributed by atoms with Crippen molar-refractivity contribution in [2.24, 2.45) is 0 Å². The first-order chi connectivity index (χ1) is 4.48. The van der Waals surface area contributed by atoms with Crippen LogP contribution >= 0.6 is 0 Å². The lowest BCUT2D eigenvalue weighted by atomic mass is 11.0. The summed E-state index contributed by atoms with van der Waals surface area (Å²) < 4.78 is 5.80. The average molecular weight is 172 g/mol. The molecule has 0 spiro atoms. The van der Waals surface area contributed by atoms with Crippen molar-refractivity contribution in [2.45, 2.75) is 26.2 Å². The highest BCUT2D eigenvalue weighted by Gasteiger charge is 2.19. The van der Waals surface area contributed by atoms with E-state index in [0.717, 1.165) is 0 Å². The quantitative estimate of drug-likeness (QED) is 0.468. The Morgan fingerprint density at radius 3 is 2.30 bits per heavy atom. The molecule has 0 fully saturated rings. The SMILES string of the molecule is C=C=C[Si](C)(C)O[SiH](C)C. The molecule has 0 aromatic carbocycles. The van der Waals surface area contributed by atoms with Gasteiger partial charge < -0.3 is 4.12 Å². The summed E-state index contributed by atoms with van der Waals surface area (Å²) >= 11 is 0. The zero-order chi connectivity index (χ0) is 8.20. The molecule has 1 nitrogen and oxygen atoms in total. The maximum Gasteiger partial charge on any atom is 0.206 e. The van der Waals surface area contributed by atoms with Crippen molar-refractivity contribution in [1.82, 2.24) is 0 Å². The highest BCUT2D eigenvalue weighted by atomic mass is 28.4. The Morgan fingerprint density at radius 1 is 1.50 bits per heavy atom. The third-order valence-electron chi connectivity index (χ3n) is 0.989. The molecule has 0 N–H and O–H groups in total. The van der Waals surface area contributed by atoms with Gasteiger partial charge in [-0.15, -0.1) is 5.73 Å². The molecule has 10 heavy (non-hydrogen) atoms. The summed E-state index contributed by atoms with van der Waals surface area (Å²) in [5.74, 6) is 0. The van der Waals surface area contributed by atoms with E-state index in [0.29, 0.717) is 0 Å². The fourth-order valence-corrected chi connectivity index (χ4v) is 6.51. The Labute approximate surface area is 66.3 Å². The lowest BCUT2D eigenvalue weighted by Gasteiger charge is -2.20. The summed E-state index contributed by atoms with van der Waals surface area (Å²) in [5, 5.41) is 0. The highest BCUT2D eigenvalue weighted by Crippen LogP contribution is 2.06.